The molecule has 1 aromatic heterocycles. The van der Waals surface area contributed by atoms with Crippen molar-refractivity contribution >= 4 is 39.3 Å². The first-order valence-corrected chi connectivity index (χ1v) is 20.7. The van der Waals surface area contributed by atoms with Crippen molar-refractivity contribution in [1.29, 1.82) is 0 Å². The van der Waals surface area contributed by atoms with E-state index in [9.17, 15) is 9.59 Å². The maximum absolute atomic E-state index is 13.9. The monoisotopic (exact) mass is 789 g/mol. The van der Waals surface area contributed by atoms with Crippen LogP contribution in [0.4, 0.5) is 0 Å². The van der Waals surface area contributed by atoms with E-state index in [1.807, 2.05) is 75.8 Å². The normalized spacial score (nSPS) is 15.4. The summed E-state index contributed by atoms with van der Waals surface area (Å²) in [7, 11) is 0. The molecule has 9 heteroatoms. The standard InChI is InChI=1S/C44H48BrN5O2S/c45-41-15-13-34(14-16-41)27-43(51)50(30-36-8-3-11-39(26-36)42-31-53-48-47-42)29-35-7-2-9-37(25-35)38-10-4-12-40(28-38)44(52)49-23-19-33(20-24-49)6-1-5-32-17-21-46-22-18-32/h2-4,7-16,25-26,28,31-33,46H,1,5-6,17-24,27,29-30H2. The van der Waals surface area contributed by atoms with Gasteiger partial charge < -0.3 is 15.1 Å². The molecule has 2 aliphatic rings. The van der Waals surface area contributed by atoms with Crippen molar-refractivity contribution in [1.82, 2.24) is 24.7 Å². The topological polar surface area (TPSA) is 78.4 Å². The van der Waals surface area contributed by atoms with Crippen molar-refractivity contribution in [2.75, 3.05) is 26.2 Å². The Balaban J connectivity index is 1.01. The number of aromatic nitrogens is 2. The largest absolute Gasteiger partial charge is 0.339 e. The number of nitrogens with zero attached hydrogens (tertiary/aromatic N) is 4. The van der Waals surface area contributed by atoms with Crippen LogP contribution in [0.5, 0.6) is 0 Å². The Labute approximate surface area is 326 Å². The first-order chi connectivity index (χ1) is 26.0. The van der Waals surface area contributed by atoms with Crippen LogP contribution in [0.1, 0.15) is 72.0 Å². The zero-order valence-corrected chi connectivity index (χ0v) is 32.7. The van der Waals surface area contributed by atoms with Gasteiger partial charge in [0.15, 0.2) is 0 Å². The maximum atomic E-state index is 13.9. The lowest BCUT2D eigenvalue weighted by Gasteiger charge is -2.32. The second kappa shape index (κ2) is 18.2. The molecule has 2 aliphatic heterocycles. The lowest BCUT2D eigenvalue weighted by Crippen LogP contribution is -2.38. The maximum Gasteiger partial charge on any atom is 0.253 e. The van der Waals surface area contributed by atoms with Gasteiger partial charge in [-0.15, -0.1) is 5.10 Å². The summed E-state index contributed by atoms with van der Waals surface area (Å²) in [6, 6.07) is 32.5. The predicted octanol–water partition coefficient (Wildman–Crippen LogP) is 9.43. The minimum Gasteiger partial charge on any atom is -0.339 e. The fourth-order valence-corrected chi connectivity index (χ4v) is 8.56. The zero-order chi connectivity index (χ0) is 36.4. The van der Waals surface area contributed by atoms with Gasteiger partial charge in [-0.05, 0) is 126 Å². The van der Waals surface area contributed by atoms with Crippen molar-refractivity contribution in [2.24, 2.45) is 11.8 Å². The molecule has 5 aromatic rings. The third kappa shape index (κ3) is 10.3. The van der Waals surface area contributed by atoms with Gasteiger partial charge in [-0.1, -0.05) is 100 Å². The van der Waals surface area contributed by atoms with Crippen LogP contribution in [0.25, 0.3) is 22.4 Å². The molecule has 53 heavy (non-hydrogen) atoms. The van der Waals surface area contributed by atoms with Crippen molar-refractivity contribution in [3.05, 3.63) is 129 Å². The van der Waals surface area contributed by atoms with Gasteiger partial charge in [-0.25, -0.2) is 0 Å². The lowest BCUT2D eigenvalue weighted by atomic mass is 9.87. The Morgan fingerprint density at radius 2 is 1.38 bits per heavy atom. The van der Waals surface area contributed by atoms with Crippen LogP contribution in [-0.2, 0) is 24.3 Å². The molecule has 4 aromatic carbocycles. The number of carbonyl (C=O) groups is 2. The first-order valence-electron chi connectivity index (χ1n) is 19.0. The molecule has 0 aliphatic carbocycles. The number of rotatable bonds is 13. The number of hydrogen-bond donors (Lipinski definition) is 1. The van der Waals surface area contributed by atoms with E-state index in [2.05, 4.69) is 67.2 Å². The molecule has 274 valence electrons. The van der Waals surface area contributed by atoms with Crippen LogP contribution in [0.2, 0.25) is 0 Å². The van der Waals surface area contributed by atoms with Gasteiger partial charge in [-0.2, -0.15) is 0 Å². The number of nitrogens with one attached hydrogen (secondary N) is 1. The fraction of sp³-hybridized carbons (Fsp3) is 0.364. The lowest BCUT2D eigenvalue weighted by molar-refractivity contribution is -0.131. The summed E-state index contributed by atoms with van der Waals surface area (Å²) in [5.41, 5.74) is 7.62. The quantitative estimate of drug-likeness (QED) is 0.129. The highest BCUT2D eigenvalue weighted by atomic mass is 79.9. The average Bonchev–Trinajstić information content (AvgIpc) is 3.75. The number of likely N-dealkylation sites (tertiary alicyclic amines) is 1. The molecule has 2 amide bonds. The molecular weight excluding hydrogens is 742 g/mol. The van der Waals surface area contributed by atoms with Gasteiger partial charge in [0, 0.05) is 47.2 Å². The van der Waals surface area contributed by atoms with Gasteiger partial charge in [0.05, 0.1) is 6.42 Å². The molecule has 7 rings (SSSR count). The highest BCUT2D eigenvalue weighted by molar-refractivity contribution is 9.10. The van der Waals surface area contributed by atoms with E-state index in [4.69, 9.17) is 0 Å². The molecular formula is C44H48BrN5O2S. The Hall–Kier alpha value is -4.18. The van der Waals surface area contributed by atoms with Crippen LogP contribution in [-0.4, -0.2) is 57.4 Å². The van der Waals surface area contributed by atoms with E-state index >= 15 is 0 Å². The number of hydrogen-bond acceptors (Lipinski definition) is 6. The fourth-order valence-electron chi connectivity index (χ4n) is 7.84. The van der Waals surface area contributed by atoms with Crippen molar-refractivity contribution < 1.29 is 9.59 Å². The van der Waals surface area contributed by atoms with Crippen molar-refractivity contribution in [3.63, 3.8) is 0 Å². The Kier molecular flexibility index (Phi) is 12.8. The molecule has 0 radical (unpaired) electrons. The Morgan fingerprint density at radius 3 is 2.06 bits per heavy atom. The molecule has 0 saturated carbocycles. The summed E-state index contributed by atoms with van der Waals surface area (Å²) in [6.07, 6.45) is 9.12. The Bertz CT molecular complexity index is 1950. The molecule has 2 saturated heterocycles. The average molecular weight is 791 g/mol. The van der Waals surface area contributed by atoms with E-state index in [-0.39, 0.29) is 11.8 Å². The third-order valence-electron chi connectivity index (χ3n) is 10.9. The van der Waals surface area contributed by atoms with E-state index < -0.39 is 0 Å². The van der Waals surface area contributed by atoms with Gasteiger partial charge in [0.25, 0.3) is 5.91 Å². The number of piperidine rings is 2. The number of benzene rings is 4. The van der Waals surface area contributed by atoms with Gasteiger partial charge >= 0.3 is 0 Å². The summed E-state index contributed by atoms with van der Waals surface area (Å²) in [5.74, 6) is 1.80. The summed E-state index contributed by atoms with van der Waals surface area (Å²) < 4.78 is 5.01. The zero-order valence-electron chi connectivity index (χ0n) is 30.3. The van der Waals surface area contributed by atoms with E-state index in [0.717, 1.165) is 86.9 Å². The van der Waals surface area contributed by atoms with Crippen LogP contribution >= 0.6 is 27.5 Å². The smallest absolute Gasteiger partial charge is 0.253 e. The molecule has 2 fully saturated rings. The summed E-state index contributed by atoms with van der Waals surface area (Å²) >= 11 is 4.83. The molecule has 1 N–H and O–H groups in total. The molecule has 0 bridgehead atoms. The highest BCUT2D eigenvalue weighted by Gasteiger charge is 2.24. The van der Waals surface area contributed by atoms with Gasteiger partial charge in [0.2, 0.25) is 5.91 Å². The number of halogens is 1. The van der Waals surface area contributed by atoms with Crippen LogP contribution in [0, 0.1) is 11.8 Å². The van der Waals surface area contributed by atoms with Crippen LogP contribution in [0.3, 0.4) is 0 Å². The Morgan fingerprint density at radius 1 is 0.755 bits per heavy atom. The minimum atomic E-state index is 0.0524. The van der Waals surface area contributed by atoms with Gasteiger partial charge in [-0.3, -0.25) is 9.59 Å². The number of amides is 2. The summed E-state index contributed by atoms with van der Waals surface area (Å²) in [5, 5.41) is 9.65. The van der Waals surface area contributed by atoms with Crippen molar-refractivity contribution in [2.45, 2.75) is 64.5 Å². The van der Waals surface area contributed by atoms with Crippen molar-refractivity contribution in [3.8, 4) is 22.4 Å². The van der Waals surface area contributed by atoms with Gasteiger partial charge in [0.1, 0.15) is 5.69 Å². The van der Waals surface area contributed by atoms with Crippen LogP contribution in [0.15, 0.2) is 107 Å². The highest BCUT2D eigenvalue weighted by Crippen LogP contribution is 2.29. The molecule has 3 heterocycles. The van der Waals surface area contributed by atoms with E-state index in [0.29, 0.717) is 19.5 Å². The molecule has 7 nitrogen and oxygen atoms in total. The second-order valence-electron chi connectivity index (χ2n) is 14.7. The summed E-state index contributed by atoms with van der Waals surface area (Å²) in [4.78, 5) is 31.6. The minimum absolute atomic E-state index is 0.0524. The number of carbonyl (C=O) groups excluding carboxylic acids is 2. The first kappa shape index (κ1) is 37.1. The second-order valence-corrected chi connectivity index (χ2v) is 16.2. The predicted molar refractivity (Wildman–Crippen MR) is 217 cm³/mol. The van der Waals surface area contributed by atoms with E-state index in [1.165, 1.54) is 56.7 Å². The van der Waals surface area contributed by atoms with Crippen LogP contribution < -0.4 is 5.32 Å². The third-order valence-corrected chi connectivity index (χ3v) is 11.9. The molecule has 0 atom stereocenters. The molecule has 0 unspecified atom stereocenters. The molecule has 0 spiro atoms. The van der Waals surface area contributed by atoms with E-state index in [1.54, 1.807) is 0 Å². The summed E-state index contributed by atoms with van der Waals surface area (Å²) in [6.45, 7) is 4.94. The SMILES string of the molecule is O=C(Cc1ccc(Br)cc1)N(Cc1cccc(-c2cccc(C(=O)N3CCC(CCCC4CCNCC4)CC3)c2)c1)Cc1cccc(-c2csnn2)c1.